The monoisotopic (exact) mass is 382 g/mol. The van der Waals surface area contributed by atoms with Crippen LogP contribution in [0.5, 0.6) is 0 Å². The number of hydrogen-bond donors (Lipinski definition) is 0. The fraction of sp³-hybridized carbons (Fsp3) is 0.211. The third kappa shape index (κ3) is 4.33. The Labute approximate surface area is 158 Å². The number of carbonyl (C=O) groups excluding carboxylic acids is 1. The van der Waals surface area contributed by atoms with Crippen LogP contribution in [0.2, 0.25) is 0 Å². The molecule has 0 N–H and O–H groups in total. The van der Waals surface area contributed by atoms with Gasteiger partial charge in [-0.3, -0.25) is 9.10 Å². The normalized spacial score (nSPS) is 13.8. The molecule has 0 aromatic heterocycles. The molecule has 7 nitrogen and oxygen atoms in total. The van der Waals surface area contributed by atoms with Gasteiger partial charge in [0.2, 0.25) is 10.0 Å². The number of hydrazone groups is 1. The molecule has 0 unspecified atom stereocenters. The number of carbonyl (C=O) groups is 1. The molecule has 0 radical (unpaired) electrons. The summed E-state index contributed by atoms with van der Waals surface area (Å²) in [6.45, 7) is 0.0599. The van der Waals surface area contributed by atoms with Crippen molar-refractivity contribution in [3.05, 3.63) is 65.7 Å². The summed E-state index contributed by atoms with van der Waals surface area (Å²) in [5.41, 5.74) is 2.49. The van der Waals surface area contributed by atoms with Crippen molar-refractivity contribution in [2.45, 2.75) is 6.42 Å². The molecular formula is C19H18N4O3S. The van der Waals surface area contributed by atoms with Crippen molar-refractivity contribution in [1.29, 1.82) is 5.26 Å². The van der Waals surface area contributed by atoms with Crippen molar-refractivity contribution in [3.63, 3.8) is 0 Å². The van der Waals surface area contributed by atoms with Gasteiger partial charge in [0, 0.05) is 6.42 Å². The van der Waals surface area contributed by atoms with Crippen molar-refractivity contribution >= 4 is 27.3 Å². The average Bonchev–Trinajstić information content (AvgIpc) is 3.16. The van der Waals surface area contributed by atoms with E-state index in [0.717, 1.165) is 21.8 Å². The second kappa shape index (κ2) is 7.60. The lowest BCUT2D eigenvalue weighted by Crippen LogP contribution is -2.40. The highest BCUT2D eigenvalue weighted by Gasteiger charge is 2.27. The fourth-order valence-electron chi connectivity index (χ4n) is 2.78. The van der Waals surface area contributed by atoms with Gasteiger partial charge < -0.3 is 0 Å². The number of anilines is 1. The van der Waals surface area contributed by atoms with Crippen LogP contribution in [0.25, 0.3) is 0 Å². The first kappa shape index (κ1) is 18.6. The first-order valence-corrected chi connectivity index (χ1v) is 10.1. The molecule has 0 saturated carbocycles. The summed E-state index contributed by atoms with van der Waals surface area (Å²) < 4.78 is 25.4. The second-order valence-corrected chi connectivity index (χ2v) is 8.01. The Morgan fingerprint density at radius 1 is 1.19 bits per heavy atom. The Hall–Kier alpha value is -3.18. The number of nitrogens with zero attached hydrogens (tertiary/aromatic N) is 4. The van der Waals surface area contributed by atoms with Crippen LogP contribution in [0.15, 0.2) is 59.7 Å². The first-order chi connectivity index (χ1) is 12.9. The van der Waals surface area contributed by atoms with Gasteiger partial charge in [-0.2, -0.15) is 10.4 Å². The lowest BCUT2D eigenvalue weighted by Gasteiger charge is -2.23. The molecule has 1 amide bonds. The fourth-order valence-corrected chi connectivity index (χ4v) is 3.63. The molecule has 1 heterocycles. The van der Waals surface area contributed by atoms with Gasteiger partial charge >= 0.3 is 0 Å². The predicted octanol–water partition coefficient (Wildman–Crippen LogP) is 1.96. The highest BCUT2D eigenvalue weighted by molar-refractivity contribution is 7.92. The van der Waals surface area contributed by atoms with E-state index in [1.54, 1.807) is 0 Å². The van der Waals surface area contributed by atoms with Crippen molar-refractivity contribution < 1.29 is 13.2 Å². The minimum atomic E-state index is -3.67. The Kier molecular flexibility index (Phi) is 5.23. The molecular weight excluding hydrogens is 364 g/mol. The Balaban J connectivity index is 1.79. The van der Waals surface area contributed by atoms with Gasteiger partial charge in [-0.05, 0) is 29.8 Å². The van der Waals surface area contributed by atoms with Crippen LogP contribution >= 0.6 is 0 Å². The minimum Gasteiger partial charge on any atom is -0.271 e. The molecule has 0 spiro atoms. The summed E-state index contributed by atoms with van der Waals surface area (Å²) in [6, 6.07) is 17.6. The van der Waals surface area contributed by atoms with Crippen LogP contribution in [-0.4, -0.2) is 44.4 Å². The van der Waals surface area contributed by atoms with Gasteiger partial charge in [-0.1, -0.05) is 30.3 Å². The van der Waals surface area contributed by atoms with Crippen LogP contribution < -0.4 is 4.31 Å². The van der Waals surface area contributed by atoms with E-state index in [2.05, 4.69) is 5.10 Å². The van der Waals surface area contributed by atoms with Crippen molar-refractivity contribution in [1.82, 2.24) is 5.01 Å². The number of hydrogen-bond acceptors (Lipinski definition) is 5. The van der Waals surface area contributed by atoms with Gasteiger partial charge in [0.15, 0.2) is 0 Å². The van der Waals surface area contributed by atoms with Crippen molar-refractivity contribution in [3.8, 4) is 6.07 Å². The highest BCUT2D eigenvalue weighted by atomic mass is 32.2. The predicted molar refractivity (Wildman–Crippen MR) is 103 cm³/mol. The molecule has 1 aliphatic rings. The third-order valence-electron chi connectivity index (χ3n) is 4.16. The molecule has 0 bridgehead atoms. The molecule has 3 rings (SSSR count). The summed E-state index contributed by atoms with van der Waals surface area (Å²) in [5.74, 6) is -0.407. The van der Waals surface area contributed by atoms with Gasteiger partial charge in [0.25, 0.3) is 5.91 Å². The Morgan fingerprint density at radius 3 is 2.44 bits per heavy atom. The Morgan fingerprint density at radius 2 is 1.85 bits per heavy atom. The highest BCUT2D eigenvalue weighted by Crippen LogP contribution is 2.20. The van der Waals surface area contributed by atoms with E-state index in [0.29, 0.717) is 24.2 Å². The molecule has 2 aromatic rings. The summed E-state index contributed by atoms with van der Waals surface area (Å²) >= 11 is 0. The molecule has 8 heteroatoms. The maximum Gasteiger partial charge on any atom is 0.263 e. The van der Waals surface area contributed by atoms with Crippen LogP contribution in [-0.2, 0) is 14.8 Å². The zero-order valence-corrected chi connectivity index (χ0v) is 15.6. The number of rotatable bonds is 5. The van der Waals surface area contributed by atoms with Crippen LogP contribution in [0.1, 0.15) is 17.5 Å². The van der Waals surface area contributed by atoms with Crippen molar-refractivity contribution in [2.24, 2.45) is 5.10 Å². The number of nitriles is 1. The number of benzene rings is 2. The van der Waals surface area contributed by atoms with Gasteiger partial charge in [0.1, 0.15) is 6.54 Å². The van der Waals surface area contributed by atoms with E-state index in [-0.39, 0.29) is 6.54 Å². The molecule has 1 aliphatic heterocycles. The van der Waals surface area contributed by atoms with E-state index < -0.39 is 15.9 Å². The molecule has 0 saturated heterocycles. The summed E-state index contributed by atoms with van der Waals surface area (Å²) in [6.07, 6.45) is 1.66. The maximum absolute atomic E-state index is 12.6. The molecule has 0 aliphatic carbocycles. The molecule has 0 fully saturated rings. The van der Waals surface area contributed by atoms with Crippen LogP contribution in [0.4, 0.5) is 5.69 Å². The largest absolute Gasteiger partial charge is 0.271 e. The van der Waals surface area contributed by atoms with E-state index in [1.807, 2.05) is 36.4 Å². The second-order valence-electron chi connectivity index (χ2n) is 6.11. The summed E-state index contributed by atoms with van der Waals surface area (Å²) in [5, 5.41) is 14.5. The standard InChI is InChI=1S/C19H18N4O3S/c1-27(25,26)23(17-9-7-15(13-20)8-10-17)14-19(24)22-12-11-18(21-22)16-5-3-2-4-6-16/h2-10H,11-12,14H2,1H3. The molecule has 138 valence electrons. The summed E-state index contributed by atoms with van der Waals surface area (Å²) in [7, 11) is -3.67. The molecule has 27 heavy (non-hydrogen) atoms. The van der Waals surface area contributed by atoms with E-state index >= 15 is 0 Å². The third-order valence-corrected chi connectivity index (χ3v) is 5.30. The Bertz CT molecular complexity index is 1010. The smallest absolute Gasteiger partial charge is 0.263 e. The maximum atomic E-state index is 12.6. The topological polar surface area (TPSA) is 93.8 Å². The first-order valence-electron chi connectivity index (χ1n) is 8.29. The average molecular weight is 382 g/mol. The van der Waals surface area contributed by atoms with E-state index in [9.17, 15) is 13.2 Å². The van der Waals surface area contributed by atoms with Gasteiger partial charge in [-0.15, -0.1) is 0 Å². The quantitative estimate of drug-likeness (QED) is 0.790. The molecule has 0 atom stereocenters. The lowest BCUT2D eigenvalue weighted by molar-refractivity contribution is -0.129. The van der Waals surface area contributed by atoms with Crippen LogP contribution in [0.3, 0.4) is 0 Å². The molecule has 2 aromatic carbocycles. The van der Waals surface area contributed by atoms with Crippen LogP contribution in [0, 0.1) is 11.3 Å². The lowest BCUT2D eigenvalue weighted by atomic mass is 10.1. The number of sulfonamides is 1. The SMILES string of the molecule is CS(=O)(=O)N(CC(=O)N1CCC(c2ccccc2)=N1)c1ccc(C#N)cc1. The summed E-state index contributed by atoms with van der Waals surface area (Å²) in [4.78, 5) is 12.6. The zero-order chi connectivity index (χ0) is 19.4. The minimum absolute atomic E-state index is 0.330. The van der Waals surface area contributed by atoms with Gasteiger partial charge in [0.05, 0.1) is 35.8 Å². The zero-order valence-electron chi connectivity index (χ0n) is 14.7. The van der Waals surface area contributed by atoms with Crippen molar-refractivity contribution in [2.75, 3.05) is 23.7 Å². The van der Waals surface area contributed by atoms with Gasteiger partial charge in [-0.25, -0.2) is 13.4 Å². The number of amides is 1. The van der Waals surface area contributed by atoms with E-state index in [4.69, 9.17) is 5.26 Å². The van der Waals surface area contributed by atoms with E-state index in [1.165, 1.54) is 29.3 Å².